The number of rotatable bonds is 12. The van der Waals surface area contributed by atoms with Crippen LogP contribution in [0.15, 0.2) is 60.7 Å². The van der Waals surface area contributed by atoms with Crippen LogP contribution in [0.25, 0.3) is 0 Å². The van der Waals surface area contributed by atoms with Gasteiger partial charge in [-0.3, -0.25) is 9.59 Å². The molecule has 2 amide bonds. The highest BCUT2D eigenvalue weighted by molar-refractivity contribution is 6.42. The van der Waals surface area contributed by atoms with Crippen molar-refractivity contribution in [2.75, 3.05) is 78.8 Å². The molecule has 3 aliphatic heterocycles. The van der Waals surface area contributed by atoms with Crippen LogP contribution in [0.2, 0.25) is 10.0 Å². The number of aliphatic hydroxyl groups is 1. The number of likely N-dealkylation sites (tertiary alicyclic amines) is 2. The molecule has 3 aromatic rings. The van der Waals surface area contributed by atoms with Crippen molar-refractivity contribution in [2.24, 2.45) is 5.92 Å². The molecule has 1 N–H and O–H groups in total. The average molecular weight is 937 g/mol. The summed E-state index contributed by atoms with van der Waals surface area (Å²) in [5.41, 5.74) is -2.44. The Hall–Kier alpha value is -3.15. The maximum absolute atomic E-state index is 13.9. The summed E-state index contributed by atoms with van der Waals surface area (Å²) in [5.74, 6) is -0.680. The molecule has 4 aliphatic rings. The first-order valence-corrected chi connectivity index (χ1v) is 21.3. The fourth-order valence-electron chi connectivity index (χ4n) is 9.47. The van der Waals surface area contributed by atoms with Crippen molar-refractivity contribution in [3.8, 4) is 0 Å². The van der Waals surface area contributed by atoms with Crippen molar-refractivity contribution in [3.63, 3.8) is 0 Å². The second-order valence-electron chi connectivity index (χ2n) is 16.5. The van der Waals surface area contributed by atoms with Crippen molar-refractivity contribution < 1.29 is 55.2 Å². The van der Waals surface area contributed by atoms with Crippen LogP contribution in [0, 0.1) is 5.92 Å². The number of hydrogen-bond acceptors (Lipinski definition) is 7. The SMILES string of the molecule is Cl.O=C(CO[C@H]1Cc2ccccc2C12CCN(CC[C@]1(c3ccc(Cl)c(Cl)c3)CN(C(=O)c3cc(C(F)(F)F)cc(C(F)(F)F)c3)CCO1)CC2)N1CCC(COCCO)CC1. The van der Waals surface area contributed by atoms with E-state index in [2.05, 4.69) is 17.0 Å². The topological polar surface area (TPSA) is 91.8 Å². The number of aliphatic hydroxyl groups excluding tert-OH is 1. The minimum absolute atomic E-state index is 0. The standard InChI is InChI=1S/C44H49Cl2F6N3O6.ClH/c45-36-6-5-32(25-37(36)46)42(28-55(17-19-61-42)40(58)31-21-33(43(47,48)49)24-34(22-31)44(50,51)52)11-16-53-14-9-41(10-15-53)35-4-2-1-3-30(35)23-38(41)60-27-39(57)54-12-7-29(8-13-54)26-59-20-18-56;/h1-6,21-22,24-25,29,38,56H,7-20,23,26-28H2;1H/t38-,42+;/m0./s1. The first kappa shape index (κ1) is 48.3. The Morgan fingerprint density at radius 1 is 0.855 bits per heavy atom. The van der Waals surface area contributed by atoms with Gasteiger partial charge in [0.15, 0.2) is 0 Å². The summed E-state index contributed by atoms with van der Waals surface area (Å²) in [5, 5.41) is 9.49. The fourth-order valence-corrected chi connectivity index (χ4v) is 9.77. The normalized spacial score (nSPS) is 22.1. The maximum Gasteiger partial charge on any atom is 0.416 e. The van der Waals surface area contributed by atoms with Gasteiger partial charge in [-0.1, -0.05) is 53.5 Å². The highest BCUT2D eigenvalue weighted by Gasteiger charge is 2.50. The van der Waals surface area contributed by atoms with Crippen molar-refractivity contribution >= 4 is 47.4 Å². The highest BCUT2D eigenvalue weighted by Crippen LogP contribution is 2.48. The first-order valence-electron chi connectivity index (χ1n) is 20.6. The van der Waals surface area contributed by atoms with Gasteiger partial charge in [-0.15, -0.1) is 12.4 Å². The summed E-state index contributed by atoms with van der Waals surface area (Å²) in [6.45, 7) is 3.64. The molecule has 1 spiro atoms. The third kappa shape index (κ3) is 10.7. The Kier molecular flexibility index (Phi) is 15.5. The van der Waals surface area contributed by atoms with E-state index in [-0.39, 0.29) is 78.9 Å². The van der Waals surface area contributed by atoms with E-state index in [0.29, 0.717) is 82.4 Å². The highest BCUT2D eigenvalue weighted by atomic mass is 35.5. The lowest BCUT2D eigenvalue weighted by Crippen LogP contribution is -2.54. The minimum atomic E-state index is -5.11. The smallest absolute Gasteiger partial charge is 0.394 e. The van der Waals surface area contributed by atoms with Crippen LogP contribution in [-0.2, 0) is 48.8 Å². The van der Waals surface area contributed by atoms with Gasteiger partial charge in [0.2, 0.25) is 5.91 Å². The molecule has 0 bridgehead atoms. The van der Waals surface area contributed by atoms with E-state index in [1.54, 1.807) is 18.2 Å². The molecule has 7 rings (SSSR count). The number of piperidine rings is 2. The number of amides is 2. The maximum atomic E-state index is 13.9. The third-order valence-electron chi connectivity index (χ3n) is 12.9. The minimum Gasteiger partial charge on any atom is -0.394 e. The predicted molar refractivity (Wildman–Crippen MR) is 223 cm³/mol. The number of nitrogens with zero attached hydrogens (tertiary/aromatic N) is 3. The molecule has 3 heterocycles. The lowest BCUT2D eigenvalue weighted by molar-refractivity contribution is -0.143. The van der Waals surface area contributed by atoms with Crippen molar-refractivity contribution in [1.29, 1.82) is 0 Å². The van der Waals surface area contributed by atoms with Crippen LogP contribution in [0.5, 0.6) is 0 Å². The molecule has 3 fully saturated rings. The van der Waals surface area contributed by atoms with Gasteiger partial charge < -0.3 is 34.0 Å². The van der Waals surface area contributed by atoms with Gasteiger partial charge in [-0.2, -0.15) is 26.3 Å². The molecule has 62 heavy (non-hydrogen) atoms. The van der Waals surface area contributed by atoms with Crippen LogP contribution in [0.1, 0.15) is 70.3 Å². The number of carbonyl (C=O) groups is 2. The van der Waals surface area contributed by atoms with Crippen LogP contribution in [-0.4, -0.2) is 117 Å². The van der Waals surface area contributed by atoms with E-state index < -0.39 is 40.6 Å². The number of morpholine rings is 1. The molecule has 0 aromatic heterocycles. The molecule has 3 aromatic carbocycles. The summed E-state index contributed by atoms with van der Waals surface area (Å²) in [4.78, 5) is 32.6. The number of fused-ring (bicyclic) bond motifs is 2. The number of benzene rings is 3. The average Bonchev–Trinajstić information content (AvgIpc) is 3.54. The molecular formula is C44H50Cl3F6N3O6. The number of halogens is 9. The van der Waals surface area contributed by atoms with Gasteiger partial charge in [-0.25, -0.2) is 0 Å². The quantitative estimate of drug-likeness (QED) is 0.144. The van der Waals surface area contributed by atoms with Crippen LogP contribution in [0.4, 0.5) is 26.3 Å². The molecule has 18 heteroatoms. The van der Waals surface area contributed by atoms with Crippen molar-refractivity contribution in [1.82, 2.24) is 14.7 Å². The lowest BCUT2D eigenvalue weighted by atomic mass is 9.72. The molecule has 1 aliphatic carbocycles. The summed E-state index contributed by atoms with van der Waals surface area (Å²) in [6.07, 6.45) is -6.30. The fraction of sp³-hybridized carbons (Fsp3) is 0.545. The molecule has 0 radical (unpaired) electrons. The second-order valence-corrected chi connectivity index (χ2v) is 17.3. The zero-order valence-electron chi connectivity index (χ0n) is 33.9. The summed E-state index contributed by atoms with van der Waals surface area (Å²) in [7, 11) is 0. The Labute approximate surface area is 373 Å². The Morgan fingerprint density at radius 2 is 1.53 bits per heavy atom. The van der Waals surface area contributed by atoms with Gasteiger partial charge >= 0.3 is 12.4 Å². The van der Waals surface area contributed by atoms with E-state index >= 15 is 0 Å². The van der Waals surface area contributed by atoms with Gasteiger partial charge in [0.1, 0.15) is 12.2 Å². The van der Waals surface area contributed by atoms with E-state index in [1.807, 2.05) is 17.0 Å². The molecule has 0 unspecified atom stereocenters. The van der Waals surface area contributed by atoms with Gasteiger partial charge in [0.25, 0.3) is 5.91 Å². The summed E-state index contributed by atoms with van der Waals surface area (Å²) < 4.78 is 101. The van der Waals surface area contributed by atoms with E-state index in [0.717, 1.165) is 25.7 Å². The lowest BCUT2D eigenvalue weighted by Gasteiger charge is -2.46. The number of carbonyl (C=O) groups excluding carboxylic acids is 2. The van der Waals surface area contributed by atoms with Gasteiger partial charge in [-0.05, 0) is 105 Å². The van der Waals surface area contributed by atoms with Crippen molar-refractivity contribution in [2.45, 2.75) is 68.0 Å². The molecular weight excluding hydrogens is 887 g/mol. The third-order valence-corrected chi connectivity index (χ3v) is 13.6. The Balaban J connectivity index is 0.00000641. The van der Waals surface area contributed by atoms with Crippen molar-refractivity contribution in [3.05, 3.63) is 104 Å². The molecule has 340 valence electrons. The van der Waals surface area contributed by atoms with Crippen LogP contribution < -0.4 is 0 Å². The monoisotopic (exact) mass is 935 g/mol. The second kappa shape index (κ2) is 19.9. The number of ether oxygens (including phenoxy) is 3. The van der Waals surface area contributed by atoms with E-state index in [4.69, 9.17) is 42.5 Å². The van der Waals surface area contributed by atoms with Crippen LogP contribution in [0.3, 0.4) is 0 Å². The molecule has 0 saturated carbocycles. The summed E-state index contributed by atoms with van der Waals surface area (Å²) in [6, 6.07) is 14.1. The Bertz CT molecular complexity index is 2010. The van der Waals surface area contributed by atoms with E-state index in [1.165, 1.54) is 16.0 Å². The largest absolute Gasteiger partial charge is 0.416 e. The molecule has 9 nitrogen and oxygen atoms in total. The Morgan fingerprint density at radius 3 is 2.18 bits per heavy atom. The zero-order valence-corrected chi connectivity index (χ0v) is 36.2. The zero-order chi connectivity index (χ0) is 43.6. The first-order chi connectivity index (χ1) is 29.0. The van der Waals surface area contributed by atoms with E-state index in [9.17, 15) is 35.9 Å². The number of alkyl halides is 6. The molecule has 3 saturated heterocycles. The molecule has 2 atom stereocenters. The number of hydrogen-bond donors (Lipinski definition) is 1. The van der Waals surface area contributed by atoms with Gasteiger partial charge in [0, 0.05) is 43.8 Å². The predicted octanol–water partition coefficient (Wildman–Crippen LogP) is 8.43. The summed E-state index contributed by atoms with van der Waals surface area (Å²) >= 11 is 12.7. The van der Waals surface area contributed by atoms with Crippen LogP contribution >= 0.6 is 35.6 Å². The van der Waals surface area contributed by atoms with Gasteiger partial charge in [0.05, 0.1) is 53.6 Å².